The molecule has 1 N–H and O–H groups in total. The molecule has 0 rings (SSSR count). The van der Waals surface area contributed by atoms with Crippen molar-refractivity contribution in [2.75, 3.05) is 0 Å². The lowest BCUT2D eigenvalue weighted by atomic mass is 10.3. The number of hydrogen-bond acceptors (Lipinski definition) is 4. The van der Waals surface area contributed by atoms with E-state index in [-0.39, 0.29) is 0 Å². The van der Waals surface area contributed by atoms with Crippen molar-refractivity contribution in [2.45, 2.75) is 13.8 Å². The molecule has 0 fully saturated rings. The van der Waals surface area contributed by atoms with Crippen LogP contribution in [-0.2, 0) is 14.4 Å². The van der Waals surface area contributed by atoms with Gasteiger partial charge in [0, 0.05) is 5.57 Å². The van der Waals surface area contributed by atoms with Crippen LogP contribution in [-0.4, -0.2) is 12.1 Å². The molecule has 0 spiro atoms. The van der Waals surface area contributed by atoms with Crippen molar-refractivity contribution in [1.82, 2.24) is 5.48 Å². The van der Waals surface area contributed by atoms with Gasteiger partial charge in [0.1, 0.15) is 0 Å². The van der Waals surface area contributed by atoms with Crippen LogP contribution in [0.5, 0.6) is 0 Å². The van der Waals surface area contributed by atoms with Gasteiger partial charge in [0.2, 0.25) is 0 Å². The van der Waals surface area contributed by atoms with E-state index in [0.29, 0.717) is 5.57 Å². The molecule has 1 amide bonds. The Morgan fingerprint density at radius 2 is 2.07 bits per heavy atom. The Bertz CT molecular complexity index is 305. The van der Waals surface area contributed by atoms with Gasteiger partial charge < -0.3 is 9.57 Å². The molecular formula is C10H13NO4. The minimum atomic E-state index is -0.884. The van der Waals surface area contributed by atoms with Gasteiger partial charge in [-0.25, -0.2) is 9.59 Å². The second-order valence-corrected chi connectivity index (χ2v) is 2.43. The van der Waals surface area contributed by atoms with Crippen molar-refractivity contribution >= 4 is 12.1 Å². The zero-order valence-electron chi connectivity index (χ0n) is 8.65. The zero-order valence-corrected chi connectivity index (χ0v) is 8.65. The molecule has 0 bridgehead atoms. The van der Waals surface area contributed by atoms with E-state index in [1.54, 1.807) is 19.9 Å². The molecule has 0 aromatic heterocycles. The highest BCUT2D eigenvalue weighted by atomic mass is 16.7. The summed E-state index contributed by atoms with van der Waals surface area (Å²) in [4.78, 5) is 26.2. The summed E-state index contributed by atoms with van der Waals surface area (Å²) in [7, 11) is 0. The maximum Gasteiger partial charge on any atom is 0.445 e. The Balaban J connectivity index is 3.86. The number of nitrogens with one attached hydrogen (secondary N) is 1. The summed E-state index contributed by atoms with van der Waals surface area (Å²) in [5.74, 6) is -0.637. The lowest BCUT2D eigenvalue weighted by Crippen LogP contribution is -2.26. The van der Waals surface area contributed by atoms with Crippen molar-refractivity contribution in [1.29, 1.82) is 0 Å². The second-order valence-electron chi connectivity index (χ2n) is 2.43. The predicted octanol–water partition coefficient (Wildman–Crippen LogP) is 1.84. The summed E-state index contributed by atoms with van der Waals surface area (Å²) in [5, 5.41) is 0. The fourth-order valence-electron chi connectivity index (χ4n) is 0.467. The van der Waals surface area contributed by atoms with E-state index in [2.05, 4.69) is 16.2 Å². The molecule has 0 aliphatic heterocycles. The number of hydroxylamine groups is 1. The maximum absolute atomic E-state index is 11.0. The average Bonchev–Trinajstić information content (AvgIpc) is 2.25. The van der Waals surface area contributed by atoms with Gasteiger partial charge in [0.05, 0.1) is 6.26 Å². The minimum Gasteiger partial charge on any atom is -0.416 e. The number of carbonyl (C=O) groups excluding carboxylic acids is 2. The molecule has 0 aromatic carbocycles. The standard InChI is InChI=1S/C10H13NO4/c1-4-6-7-14-10(13)11-15-9(12)8(3)5-2/h4-7H,1H2,2-3H3,(H,11,13). The van der Waals surface area contributed by atoms with Crippen LogP contribution in [0.2, 0.25) is 0 Å². The molecule has 0 atom stereocenters. The maximum atomic E-state index is 11.0. The van der Waals surface area contributed by atoms with Gasteiger partial charge in [-0.3, -0.25) is 0 Å². The fraction of sp³-hybridized carbons (Fsp3) is 0.200. The smallest absolute Gasteiger partial charge is 0.416 e. The van der Waals surface area contributed by atoms with Crippen LogP contribution in [0.4, 0.5) is 4.79 Å². The third-order valence-corrected chi connectivity index (χ3v) is 1.37. The molecule has 0 radical (unpaired) electrons. The van der Waals surface area contributed by atoms with Gasteiger partial charge in [0.15, 0.2) is 0 Å². The first-order valence-electron chi connectivity index (χ1n) is 4.20. The van der Waals surface area contributed by atoms with Gasteiger partial charge in [-0.15, -0.1) is 5.48 Å². The van der Waals surface area contributed by atoms with Gasteiger partial charge >= 0.3 is 12.1 Å². The average molecular weight is 211 g/mol. The normalized spacial score (nSPS) is 10.9. The Labute approximate surface area is 88.0 Å². The molecule has 0 aliphatic rings. The third-order valence-electron chi connectivity index (χ3n) is 1.37. The van der Waals surface area contributed by atoms with Crippen LogP contribution in [0.3, 0.4) is 0 Å². The lowest BCUT2D eigenvalue weighted by Gasteiger charge is -2.03. The van der Waals surface area contributed by atoms with E-state index in [4.69, 9.17) is 0 Å². The van der Waals surface area contributed by atoms with Crippen LogP contribution < -0.4 is 5.48 Å². The Morgan fingerprint density at radius 1 is 1.40 bits per heavy atom. The molecule has 15 heavy (non-hydrogen) atoms. The molecule has 5 heteroatoms. The first kappa shape index (κ1) is 13.0. The highest BCUT2D eigenvalue weighted by Crippen LogP contribution is 1.93. The molecular weight excluding hydrogens is 198 g/mol. The van der Waals surface area contributed by atoms with Crippen molar-refractivity contribution in [2.24, 2.45) is 0 Å². The molecule has 0 aromatic rings. The van der Waals surface area contributed by atoms with Crippen LogP contribution in [0.15, 0.2) is 36.6 Å². The van der Waals surface area contributed by atoms with E-state index in [9.17, 15) is 9.59 Å². The van der Waals surface area contributed by atoms with Gasteiger partial charge in [-0.05, 0) is 19.9 Å². The minimum absolute atomic E-state index is 0.386. The molecule has 5 nitrogen and oxygen atoms in total. The quantitative estimate of drug-likeness (QED) is 0.335. The molecule has 0 unspecified atom stereocenters. The summed E-state index contributed by atoms with van der Waals surface area (Å²) in [6.45, 7) is 6.62. The SMILES string of the molecule is C=CC=COC(=O)NOC(=O)C(C)=CC. The molecule has 0 aliphatic carbocycles. The number of rotatable bonds is 3. The Hall–Kier alpha value is -2.04. The lowest BCUT2D eigenvalue weighted by molar-refractivity contribution is -0.144. The predicted molar refractivity (Wildman–Crippen MR) is 54.5 cm³/mol. The van der Waals surface area contributed by atoms with Crippen LogP contribution >= 0.6 is 0 Å². The van der Waals surface area contributed by atoms with E-state index in [1.807, 2.05) is 5.48 Å². The Morgan fingerprint density at radius 3 is 2.60 bits per heavy atom. The summed E-state index contributed by atoms with van der Waals surface area (Å²) in [5.41, 5.74) is 2.21. The van der Waals surface area contributed by atoms with Gasteiger partial charge in [-0.2, -0.15) is 0 Å². The van der Waals surface area contributed by atoms with Crippen LogP contribution in [0, 0.1) is 0 Å². The summed E-state index contributed by atoms with van der Waals surface area (Å²) in [6.07, 6.45) is 4.64. The number of amides is 1. The van der Waals surface area contributed by atoms with E-state index >= 15 is 0 Å². The molecule has 0 saturated carbocycles. The Kier molecular flexibility index (Phi) is 6.37. The summed E-state index contributed by atoms with van der Waals surface area (Å²) < 4.78 is 4.45. The van der Waals surface area contributed by atoms with Gasteiger partial charge in [-0.1, -0.05) is 18.7 Å². The van der Waals surface area contributed by atoms with Crippen LogP contribution in [0.1, 0.15) is 13.8 Å². The first-order valence-corrected chi connectivity index (χ1v) is 4.20. The highest BCUT2D eigenvalue weighted by molar-refractivity contribution is 5.88. The zero-order chi connectivity index (χ0) is 11.7. The van der Waals surface area contributed by atoms with E-state index in [1.165, 1.54) is 12.2 Å². The summed E-state index contributed by atoms with van der Waals surface area (Å²) in [6, 6.07) is 0. The van der Waals surface area contributed by atoms with E-state index < -0.39 is 12.1 Å². The van der Waals surface area contributed by atoms with Crippen molar-refractivity contribution < 1.29 is 19.2 Å². The number of carbonyl (C=O) groups is 2. The second kappa shape index (κ2) is 7.37. The number of hydrogen-bond donors (Lipinski definition) is 1. The molecule has 82 valence electrons. The van der Waals surface area contributed by atoms with Crippen molar-refractivity contribution in [3.05, 3.63) is 36.6 Å². The topological polar surface area (TPSA) is 64.6 Å². The van der Waals surface area contributed by atoms with E-state index in [0.717, 1.165) is 6.26 Å². The number of ether oxygens (including phenoxy) is 1. The highest BCUT2D eigenvalue weighted by Gasteiger charge is 2.07. The van der Waals surface area contributed by atoms with Gasteiger partial charge in [0.25, 0.3) is 0 Å². The van der Waals surface area contributed by atoms with Crippen molar-refractivity contribution in [3.8, 4) is 0 Å². The fourth-order valence-corrected chi connectivity index (χ4v) is 0.467. The molecule has 0 saturated heterocycles. The first-order chi connectivity index (χ1) is 7.11. The number of allylic oxidation sites excluding steroid dienone is 3. The van der Waals surface area contributed by atoms with Crippen LogP contribution in [0.25, 0.3) is 0 Å². The monoisotopic (exact) mass is 211 g/mol. The third kappa shape index (κ3) is 6.09. The largest absolute Gasteiger partial charge is 0.445 e. The van der Waals surface area contributed by atoms with Crippen molar-refractivity contribution in [3.63, 3.8) is 0 Å². The molecule has 0 heterocycles. The summed E-state index contributed by atoms with van der Waals surface area (Å²) >= 11 is 0.